The fourth-order valence-electron chi connectivity index (χ4n) is 4.89. The fourth-order valence-corrected chi connectivity index (χ4v) is 4.89. The van der Waals surface area contributed by atoms with Gasteiger partial charge < -0.3 is 20.4 Å². The molecule has 0 radical (unpaired) electrons. The second-order valence-corrected chi connectivity index (χ2v) is 10.6. The van der Waals surface area contributed by atoms with Crippen LogP contribution in [0.5, 0.6) is 0 Å². The third kappa shape index (κ3) is 11.4. The van der Waals surface area contributed by atoms with Crippen molar-refractivity contribution in [1.29, 1.82) is 0 Å². The van der Waals surface area contributed by atoms with Gasteiger partial charge in [0.15, 0.2) is 16.8 Å². The molecule has 0 amide bonds. The number of carbonyl (C=O) groups is 4. The summed E-state index contributed by atoms with van der Waals surface area (Å²) < 4.78 is 0. The smallest absolute Gasteiger partial charge is 0.338 e. The highest BCUT2D eigenvalue weighted by atomic mass is 16.4. The summed E-state index contributed by atoms with van der Waals surface area (Å²) in [6.45, 7) is 6.39. The summed E-state index contributed by atoms with van der Waals surface area (Å²) >= 11 is 0. The van der Waals surface area contributed by atoms with Crippen LogP contribution < -0.4 is 0 Å². The standard InChI is InChI=1S/C28H50O8/c1-4-5-15-19-23(29)27(25(32)33,28(36,26(34)35)21-24(30)31)20-17-14-12-10-8-6-7-9-11-13-16-18-22(2)3/h22,36H,4-21H2,1-3H3,(H,30,31)(H,32,33)(H,34,35). The number of rotatable bonds is 24. The molecule has 0 fully saturated rings. The van der Waals surface area contributed by atoms with E-state index in [9.17, 15) is 39.6 Å². The van der Waals surface area contributed by atoms with Crippen molar-refractivity contribution in [2.45, 2.75) is 142 Å². The van der Waals surface area contributed by atoms with Gasteiger partial charge in [0.1, 0.15) is 0 Å². The Hall–Kier alpha value is -1.96. The molecule has 210 valence electrons. The molecule has 8 nitrogen and oxygen atoms in total. The van der Waals surface area contributed by atoms with Gasteiger partial charge in [-0.25, -0.2) is 4.79 Å². The highest BCUT2D eigenvalue weighted by Crippen LogP contribution is 2.43. The first kappa shape index (κ1) is 34.0. The lowest BCUT2D eigenvalue weighted by atomic mass is 9.63. The number of hydrogen-bond donors (Lipinski definition) is 4. The molecule has 0 aliphatic carbocycles. The lowest BCUT2D eigenvalue weighted by molar-refractivity contribution is -0.196. The first-order chi connectivity index (χ1) is 17.0. The topological polar surface area (TPSA) is 149 Å². The zero-order valence-corrected chi connectivity index (χ0v) is 22.7. The van der Waals surface area contributed by atoms with Crippen LogP contribution in [0.2, 0.25) is 0 Å². The molecule has 0 bridgehead atoms. The van der Waals surface area contributed by atoms with Crippen LogP contribution in [0.4, 0.5) is 0 Å². The SMILES string of the molecule is CCCCCC(=O)C(CCCCCCCCCCCCCC(C)C)(C(=O)O)C(O)(CC(=O)O)C(=O)O. The minimum Gasteiger partial charge on any atom is -0.481 e. The largest absolute Gasteiger partial charge is 0.481 e. The summed E-state index contributed by atoms with van der Waals surface area (Å²) in [7, 11) is 0. The Labute approximate surface area is 216 Å². The Bertz CT molecular complexity index is 674. The van der Waals surface area contributed by atoms with Crippen LogP contribution >= 0.6 is 0 Å². The van der Waals surface area contributed by atoms with Crippen molar-refractivity contribution < 1.29 is 39.6 Å². The Morgan fingerprint density at radius 2 is 1.14 bits per heavy atom. The van der Waals surface area contributed by atoms with E-state index < -0.39 is 47.5 Å². The average Bonchev–Trinajstić information content (AvgIpc) is 2.78. The van der Waals surface area contributed by atoms with Gasteiger partial charge in [-0.3, -0.25) is 14.4 Å². The molecular weight excluding hydrogens is 464 g/mol. The van der Waals surface area contributed by atoms with E-state index in [-0.39, 0.29) is 12.8 Å². The van der Waals surface area contributed by atoms with Gasteiger partial charge in [-0.2, -0.15) is 0 Å². The minimum atomic E-state index is -3.22. The maximum absolute atomic E-state index is 13.1. The first-order valence-electron chi connectivity index (χ1n) is 13.9. The van der Waals surface area contributed by atoms with Gasteiger partial charge in [0, 0.05) is 6.42 Å². The normalized spacial score (nSPS) is 14.8. The average molecular weight is 515 g/mol. The molecule has 0 aromatic rings. The lowest BCUT2D eigenvalue weighted by Gasteiger charge is -2.39. The Kier molecular flexibility index (Phi) is 17.3. The number of carboxylic acid groups (broad SMARTS) is 3. The van der Waals surface area contributed by atoms with E-state index in [0.29, 0.717) is 19.3 Å². The molecule has 36 heavy (non-hydrogen) atoms. The van der Waals surface area contributed by atoms with Crippen LogP contribution in [-0.4, -0.2) is 49.7 Å². The summed E-state index contributed by atoms with van der Waals surface area (Å²) in [5, 5.41) is 39.8. The van der Waals surface area contributed by atoms with Gasteiger partial charge in [0.25, 0.3) is 0 Å². The third-order valence-corrected chi connectivity index (χ3v) is 7.15. The Balaban J connectivity index is 4.90. The maximum atomic E-state index is 13.1. The molecule has 0 aliphatic heterocycles. The van der Waals surface area contributed by atoms with E-state index in [1.807, 2.05) is 6.92 Å². The monoisotopic (exact) mass is 514 g/mol. The number of carbonyl (C=O) groups excluding carboxylic acids is 1. The number of Topliss-reactive ketones (excluding diaryl/α,β-unsaturated/α-hetero) is 1. The quantitative estimate of drug-likeness (QED) is 0.0875. The van der Waals surface area contributed by atoms with E-state index in [4.69, 9.17) is 0 Å². The van der Waals surface area contributed by atoms with E-state index in [1.165, 1.54) is 38.5 Å². The van der Waals surface area contributed by atoms with Crippen LogP contribution in [0.3, 0.4) is 0 Å². The molecule has 2 unspecified atom stereocenters. The number of aliphatic hydroxyl groups is 1. The Morgan fingerprint density at radius 1 is 0.667 bits per heavy atom. The summed E-state index contributed by atoms with van der Waals surface area (Å²) in [5.74, 6) is -5.60. The van der Waals surface area contributed by atoms with Crippen molar-refractivity contribution in [3.8, 4) is 0 Å². The number of hydrogen-bond acceptors (Lipinski definition) is 5. The van der Waals surface area contributed by atoms with Gasteiger partial charge in [-0.05, 0) is 18.8 Å². The van der Waals surface area contributed by atoms with Crippen LogP contribution in [0.25, 0.3) is 0 Å². The van der Waals surface area contributed by atoms with Gasteiger partial charge in [0.05, 0.1) is 6.42 Å². The van der Waals surface area contributed by atoms with Crippen LogP contribution in [-0.2, 0) is 19.2 Å². The molecule has 0 spiro atoms. The van der Waals surface area contributed by atoms with Gasteiger partial charge in [0.2, 0.25) is 0 Å². The molecule has 2 atom stereocenters. The van der Waals surface area contributed by atoms with Crippen LogP contribution in [0.1, 0.15) is 136 Å². The highest BCUT2D eigenvalue weighted by molar-refractivity contribution is 6.09. The number of carboxylic acids is 3. The molecule has 0 rings (SSSR count). The second-order valence-electron chi connectivity index (χ2n) is 10.6. The molecule has 0 aliphatic rings. The Morgan fingerprint density at radius 3 is 1.53 bits per heavy atom. The predicted molar refractivity (Wildman–Crippen MR) is 139 cm³/mol. The molecule has 0 heterocycles. The van der Waals surface area contributed by atoms with Crippen molar-refractivity contribution in [3.05, 3.63) is 0 Å². The molecule has 0 aromatic carbocycles. The van der Waals surface area contributed by atoms with Gasteiger partial charge in [-0.15, -0.1) is 0 Å². The summed E-state index contributed by atoms with van der Waals surface area (Å²) in [6, 6.07) is 0. The van der Waals surface area contributed by atoms with E-state index >= 15 is 0 Å². The summed E-state index contributed by atoms with van der Waals surface area (Å²) in [5.41, 5.74) is -5.91. The molecule has 0 saturated carbocycles. The van der Waals surface area contributed by atoms with Crippen LogP contribution in [0.15, 0.2) is 0 Å². The zero-order chi connectivity index (χ0) is 27.6. The van der Waals surface area contributed by atoms with E-state index in [2.05, 4.69) is 13.8 Å². The number of unbranched alkanes of at least 4 members (excludes halogenated alkanes) is 12. The van der Waals surface area contributed by atoms with Crippen molar-refractivity contribution in [1.82, 2.24) is 0 Å². The lowest BCUT2D eigenvalue weighted by Crippen LogP contribution is -2.63. The van der Waals surface area contributed by atoms with E-state index in [1.54, 1.807) is 0 Å². The molecular formula is C28H50O8. The minimum absolute atomic E-state index is 0.215. The second kappa shape index (κ2) is 18.3. The predicted octanol–water partition coefficient (Wildman–Crippen LogP) is 6.22. The maximum Gasteiger partial charge on any atom is 0.338 e. The molecule has 4 N–H and O–H groups in total. The zero-order valence-electron chi connectivity index (χ0n) is 22.7. The summed E-state index contributed by atoms with van der Waals surface area (Å²) in [4.78, 5) is 48.7. The molecule has 0 aromatic heterocycles. The molecule has 8 heteroatoms. The number of ketones is 1. The van der Waals surface area contributed by atoms with Crippen molar-refractivity contribution in [2.24, 2.45) is 11.3 Å². The molecule has 0 saturated heterocycles. The van der Waals surface area contributed by atoms with Crippen molar-refractivity contribution >= 4 is 23.7 Å². The van der Waals surface area contributed by atoms with Crippen LogP contribution in [0, 0.1) is 11.3 Å². The highest BCUT2D eigenvalue weighted by Gasteiger charge is 2.65. The number of aliphatic carboxylic acids is 3. The fraction of sp³-hybridized carbons (Fsp3) is 0.857. The van der Waals surface area contributed by atoms with E-state index in [0.717, 1.165) is 38.0 Å². The van der Waals surface area contributed by atoms with Gasteiger partial charge in [-0.1, -0.05) is 111 Å². The van der Waals surface area contributed by atoms with Crippen molar-refractivity contribution in [2.75, 3.05) is 0 Å². The van der Waals surface area contributed by atoms with Crippen molar-refractivity contribution in [3.63, 3.8) is 0 Å². The first-order valence-corrected chi connectivity index (χ1v) is 13.9. The van der Waals surface area contributed by atoms with Gasteiger partial charge >= 0.3 is 17.9 Å². The summed E-state index contributed by atoms with van der Waals surface area (Å²) in [6.07, 6.45) is 12.1. The third-order valence-electron chi connectivity index (χ3n) is 7.15.